The number of anilines is 1. The quantitative estimate of drug-likeness (QED) is 0.668. The molecular formula is C9H8IN3S2. The highest BCUT2D eigenvalue weighted by Gasteiger charge is 2.06. The fraction of sp³-hybridized carbons (Fsp3) is 0.111. The molecule has 0 spiro atoms. The fourth-order valence-electron chi connectivity index (χ4n) is 1.01. The van der Waals surface area contributed by atoms with E-state index in [1.165, 1.54) is 4.90 Å². The summed E-state index contributed by atoms with van der Waals surface area (Å²) in [6.45, 7) is 1.95. The van der Waals surface area contributed by atoms with Gasteiger partial charge in [-0.2, -0.15) is 0 Å². The molecule has 2 rings (SSSR count). The average molecular weight is 349 g/mol. The Balaban J connectivity index is 2.24. The molecule has 2 N–H and O–H groups in total. The van der Waals surface area contributed by atoms with Gasteiger partial charge in [-0.3, -0.25) is 0 Å². The van der Waals surface area contributed by atoms with Crippen LogP contribution in [0.25, 0.3) is 0 Å². The highest BCUT2D eigenvalue weighted by atomic mass is 127. The van der Waals surface area contributed by atoms with Crippen LogP contribution in [0.15, 0.2) is 27.4 Å². The maximum Gasteiger partial charge on any atom is 0.179 e. The smallest absolute Gasteiger partial charge is 0.179 e. The van der Waals surface area contributed by atoms with Crippen LogP contribution in [-0.2, 0) is 0 Å². The molecule has 0 bridgehead atoms. The third-order valence-corrected chi connectivity index (χ3v) is 4.88. The van der Waals surface area contributed by atoms with E-state index < -0.39 is 0 Å². The molecule has 0 aliphatic rings. The van der Waals surface area contributed by atoms with Gasteiger partial charge in [0.05, 0.1) is 0 Å². The van der Waals surface area contributed by atoms with Crippen molar-refractivity contribution in [3.63, 3.8) is 0 Å². The molecule has 1 aromatic heterocycles. The molecule has 0 amide bonds. The maximum absolute atomic E-state index is 5.69. The van der Waals surface area contributed by atoms with Gasteiger partial charge in [0.2, 0.25) is 0 Å². The highest BCUT2D eigenvalue weighted by molar-refractivity contribution is 14.1. The van der Waals surface area contributed by atoms with E-state index in [9.17, 15) is 0 Å². The van der Waals surface area contributed by atoms with Crippen molar-refractivity contribution in [3.8, 4) is 0 Å². The lowest BCUT2D eigenvalue weighted by Crippen LogP contribution is -1.86. The van der Waals surface area contributed by atoms with Gasteiger partial charge in [0, 0.05) is 14.2 Å². The van der Waals surface area contributed by atoms with Crippen molar-refractivity contribution in [1.29, 1.82) is 0 Å². The minimum absolute atomic E-state index is 0.789. The van der Waals surface area contributed by atoms with Crippen molar-refractivity contribution in [2.45, 2.75) is 16.2 Å². The number of rotatable bonds is 2. The number of aromatic nitrogens is 2. The normalized spacial score (nSPS) is 10.5. The summed E-state index contributed by atoms with van der Waals surface area (Å²) in [5.41, 5.74) is 6.47. The average Bonchev–Trinajstić information content (AvgIpc) is 2.56. The monoisotopic (exact) mass is 349 g/mol. The molecule has 0 aliphatic heterocycles. The number of hydrogen-bond donors (Lipinski definition) is 1. The van der Waals surface area contributed by atoms with Gasteiger partial charge in [0.1, 0.15) is 5.01 Å². The van der Waals surface area contributed by atoms with Gasteiger partial charge in [-0.15, -0.1) is 10.2 Å². The Morgan fingerprint density at radius 2 is 2.20 bits per heavy atom. The zero-order chi connectivity index (χ0) is 10.8. The number of nitrogen functional groups attached to an aromatic ring is 1. The molecule has 0 saturated heterocycles. The van der Waals surface area contributed by atoms with Crippen molar-refractivity contribution in [2.24, 2.45) is 0 Å². The Hall–Kier alpha value is -0.340. The number of hydrogen-bond acceptors (Lipinski definition) is 5. The summed E-state index contributed by atoms with van der Waals surface area (Å²) >= 11 is 5.50. The van der Waals surface area contributed by atoms with Crippen LogP contribution in [0.5, 0.6) is 0 Å². The second kappa shape index (κ2) is 4.67. The Kier molecular flexibility index (Phi) is 3.47. The Labute approximate surface area is 110 Å². The summed E-state index contributed by atoms with van der Waals surface area (Å²) in [5.74, 6) is 0. The predicted octanol–water partition coefficient (Wildman–Crippen LogP) is 3.18. The lowest BCUT2D eigenvalue weighted by atomic mass is 10.3. The number of nitrogens with two attached hydrogens (primary N) is 1. The Morgan fingerprint density at radius 3 is 2.80 bits per heavy atom. The van der Waals surface area contributed by atoms with Gasteiger partial charge in [-0.05, 0) is 47.7 Å². The van der Waals surface area contributed by atoms with Gasteiger partial charge in [-0.25, -0.2) is 0 Å². The minimum Gasteiger partial charge on any atom is -0.399 e. The molecule has 0 unspecified atom stereocenters. The minimum atomic E-state index is 0.789. The van der Waals surface area contributed by atoms with E-state index in [4.69, 9.17) is 5.73 Å². The zero-order valence-corrected chi connectivity index (χ0v) is 11.7. The second-order valence-electron chi connectivity index (χ2n) is 2.88. The first-order chi connectivity index (χ1) is 7.15. The lowest BCUT2D eigenvalue weighted by molar-refractivity contribution is 0.983. The van der Waals surface area contributed by atoms with Crippen molar-refractivity contribution in [3.05, 3.63) is 26.8 Å². The van der Waals surface area contributed by atoms with Crippen molar-refractivity contribution in [1.82, 2.24) is 10.2 Å². The van der Waals surface area contributed by atoms with E-state index in [0.717, 1.165) is 18.6 Å². The van der Waals surface area contributed by atoms with Crippen LogP contribution in [0, 0.1) is 10.5 Å². The van der Waals surface area contributed by atoms with Crippen molar-refractivity contribution >= 4 is 51.4 Å². The van der Waals surface area contributed by atoms with Crippen LogP contribution in [0.2, 0.25) is 0 Å². The number of benzene rings is 1. The number of aryl methyl sites for hydroxylation is 1. The van der Waals surface area contributed by atoms with Crippen LogP contribution in [0.1, 0.15) is 5.01 Å². The van der Waals surface area contributed by atoms with Gasteiger partial charge in [0.15, 0.2) is 4.34 Å². The summed E-state index contributed by atoms with van der Waals surface area (Å²) in [6.07, 6.45) is 0. The van der Waals surface area contributed by atoms with Crippen LogP contribution >= 0.6 is 45.7 Å². The molecule has 1 aromatic carbocycles. The van der Waals surface area contributed by atoms with Crippen LogP contribution < -0.4 is 5.73 Å². The summed E-state index contributed by atoms with van der Waals surface area (Å²) in [5, 5.41) is 9.04. The van der Waals surface area contributed by atoms with Gasteiger partial charge in [-0.1, -0.05) is 23.1 Å². The van der Waals surface area contributed by atoms with Crippen molar-refractivity contribution < 1.29 is 0 Å². The van der Waals surface area contributed by atoms with Gasteiger partial charge in [0.25, 0.3) is 0 Å². The predicted molar refractivity (Wildman–Crippen MR) is 72.3 cm³/mol. The second-order valence-corrected chi connectivity index (χ2v) is 6.51. The number of halogens is 1. The summed E-state index contributed by atoms with van der Waals surface area (Å²) < 4.78 is 2.11. The molecule has 1 heterocycles. The Bertz CT molecular complexity index is 484. The van der Waals surface area contributed by atoms with E-state index in [-0.39, 0.29) is 0 Å². The van der Waals surface area contributed by atoms with Gasteiger partial charge < -0.3 is 5.73 Å². The number of nitrogens with zero attached hydrogens (tertiary/aromatic N) is 2. The van der Waals surface area contributed by atoms with Crippen LogP contribution in [-0.4, -0.2) is 10.2 Å². The molecule has 0 radical (unpaired) electrons. The SMILES string of the molecule is Cc1nnc(Sc2ccc(N)cc2I)s1. The molecule has 0 atom stereocenters. The van der Waals surface area contributed by atoms with Crippen molar-refractivity contribution in [2.75, 3.05) is 5.73 Å². The first-order valence-electron chi connectivity index (χ1n) is 4.18. The molecule has 0 saturated carbocycles. The zero-order valence-electron chi connectivity index (χ0n) is 7.90. The summed E-state index contributed by atoms with van der Waals surface area (Å²) in [7, 11) is 0. The standard InChI is InChI=1S/C9H8IN3S2/c1-5-12-13-9(14-5)15-8-3-2-6(11)4-7(8)10/h2-4H,11H2,1H3. The largest absolute Gasteiger partial charge is 0.399 e. The van der Waals surface area contributed by atoms with Crippen LogP contribution in [0.4, 0.5) is 5.69 Å². The fourth-order valence-corrected chi connectivity index (χ4v) is 3.66. The third kappa shape index (κ3) is 2.82. The molecule has 15 heavy (non-hydrogen) atoms. The summed E-state index contributed by atoms with van der Waals surface area (Å²) in [6, 6.07) is 5.87. The van der Waals surface area contributed by atoms with Gasteiger partial charge >= 0.3 is 0 Å². The molecule has 6 heteroatoms. The topological polar surface area (TPSA) is 51.8 Å². The highest BCUT2D eigenvalue weighted by Crippen LogP contribution is 2.33. The third-order valence-electron chi connectivity index (χ3n) is 1.66. The molecule has 78 valence electrons. The molecule has 0 fully saturated rings. The molecule has 2 aromatic rings. The van der Waals surface area contributed by atoms with E-state index in [2.05, 4.69) is 32.8 Å². The Morgan fingerprint density at radius 1 is 1.40 bits per heavy atom. The van der Waals surface area contributed by atoms with E-state index in [0.29, 0.717) is 0 Å². The molecule has 0 aliphatic carbocycles. The summed E-state index contributed by atoms with van der Waals surface area (Å²) in [4.78, 5) is 1.17. The van der Waals surface area contributed by atoms with E-state index >= 15 is 0 Å². The first kappa shape index (κ1) is 11.2. The maximum atomic E-state index is 5.69. The first-order valence-corrected chi connectivity index (χ1v) is 6.89. The van der Waals surface area contributed by atoms with Crippen LogP contribution in [0.3, 0.4) is 0 Å². The van der Waals surface area contributed by atoms with E-state index in [1.807, 2.05) is 25.1 Å². The molecule has 3 nitrogen and oxygen atoms in total. The molecular weight excluding hydrogens is 341 g/mol. The van der Waals surface area contributed by atoms with E-state index in [1.54, 1.807) is 23.1 Å². The lowest BCUT2D eigenvalue weighted by Gasteiger charge is -2.01.